The number of carbonyl (C=O) groups excluding carboxylic acids is 4. The van der Waals surface area contributed by atoms with Crippen LogP contribution in [0.5, 0.6) is 0 Å². The summed E-state index contributed by atoms with van der Waals surface area (Å²) in [6.07, 6.45) is 0.218. The van der Waals surface area contributed by atoms with Crippen molar-refractivity contribution in [3.63, 3.8) is 0 Å². The quantitative estimate of drug-likeness (QED) is 0.321. The van der Waals surface area contributed by atoms with Gasteiger partial charge in [-0.05, 0) is 47.4 Å². The third-order valence-electron chi connectivity index (χ3n) is 7.72. The zero-order valence-electron chi connectivity index (χ0n) is 21.4. The minimum absolute atomic E-state index is 0.0887. The molecule has 3 heterocycles. The summed E-state index contributed by atoms with van der Waals surface area (Å²) in [5.74, 6) is -1.53. The number of nitrogens with one attached hydrogen (secondary N) is 2. The van der Waals surface area contributed by atoms with Gasteiger partial charge in [0.2, 0.25) is 11.8 Å². The van der Waals surface area contributed by atoms with Crippen LogP contribution < -0.4 is 16.4 Å². The van der Waals surface area contributed by atoms with E-state index < -0.39 is 29.7 Å². The molecule has 0 bridgehead atoms. The van der Waals surface area contributed by atoms with Gasteiger partial charge >= 0.3 is 0 Å². The number of nitrogen functional groups attached to an aromatic ring is 1. The average Bonchev–Trinajstić information content (AvgIpc) is 3.15. The Kier molecular flexibility index (Phi) is 6.36. The molecule has 3 aliphatic rings. The summed E-state index contributed by atoms with van der Waals surface area (Å²) >= 11 is 0. The number of amides is 4. The van der Waals surface area contributed by atoms with Crippen molar-refractivity contribution < 1.29 is 19.2 Å². The largest absolute Gasteiger partial charge is 0.399 e. The SMILES string of the molecule is Nc1cccc(C2CN(Cc3ccc(CNc4cccc5c4C(=O)N(C4CCC(=O)NC4=O)C5=O)cc3)C2)c1. The second kappa shape index (κ2) is 9.99. The maximum atomic E-state index is 13.3. The maximum absolute atomic E-state index is 13.3. The number of rotatable bonds is 7. The predicted octanol–water partition coefficient (Wildman–Crippen LogP) is 2.88. The number of nitrogens with two attached hydrogens (primary N) is 1. The molecule has 4 amide bonds. The zero-order valence-corrected chi connectivity index (χ0v) is 21.4. The molecule has 9 nitrogen and oxygen atoms in total. The van der Waals surface area contributed by atoms with E-state index in [0.717, 1.165) is 35.8 Å². The minimum Gasteiger partial charge on any atom is -0.399 e. The van der Waals surface area contributed by atoms with E-state index in [1.807, 2.05) is 12.1 Å². The lowest BCUT2D eigenvalue weighted by molar-refractivity contribution is -0.136. The number of hydrogen-bond acceptors (Lipinski definition) is 7. The Bertz CT molecular complexity index is 1480. The Balaban J connectivity index is 1.07. The molecular weight excluding hydrogens is 494 g/mol. The van der Waals surface area contributed by atoms with Crippen LogP contribution >= 0.6 is 0 Å². The van der Waals surface area contributed by atoms with Gasteiger partial charge in [0, 0.05) is 49.9 Å². The molecule has 2 saturated heterocycles. The number of likely N-dealkylation sites (tertiary alicyclic amines) is 1. The van der Waals surface area contributed by atoms with Gasteiger partial charge in [-0.15, -0.1) is 0 Å². The van der Waals surface area contributed by atoms with E-state index in [1.54, 1.807) is 18.2 Å². The standard InChI is InChI=1S/C30H29N5O4/c31-22-4-1-3-20(13-22)21-16-34(17-21)15-19-9-7-18(8-10-19)14-32-24-6-2-5-23-27(24)30(39)35(29(23)38)25-11-12-26(36)33-28(25)37/h1-10,13,21,25,32H,11-12,14-17,31H2,(H,33,36,37). The first-order valence-corrected chi connectivity index (χ1v) is 13.1. The number of benzene rings is 3. The van der Waals surface area contributed by atoms with E-state index in [4.69, 9.17) is 5.73 Å². The lowest BCUT2D eigenvalue weighted by Gasteiger charge is -2.39. The van der Waals surface area contributed by atoms with Crippen LogP contribution in [0.4, 0.5) is 11.4 Å². The lowest BCUT2D eigenvalue weighted by Crippen LogP contribution is -2.54. The third kappa shape index (κ3) is 4.77. The molecule has 2 fully saturated rings. The number of anilines is 2. The van der Waals surface area contributed by atoms with Crippen molar-refractivity contribution >= 4 is 35.0 Å². The van der Waals surface area contributed by atoms with Crippen LogP contribution in [-0.4, -0.2) is 52.6 Å². The highest BCUT2D eigenvalue weighted by molar-refractivity contribution is 6.25. The molecule has 3 aromatic carbocycles. The summed E-state index contributed by atoms with van der Waals surface area (Å²) in [7, 11) is 0. The van der Waals surface area contributed by atoms with Crippen LogP contribution in [0.3, 0.4) is 0 Å². The Labute approximate surface area is 226 Å². The molecule has 9 heteroatoms. The van der Waals surface area contributed by atoms with Crippen molar-refractivity contribution in [3.05, 3.63) is 94.5 Å². The number of fused-ring (bicyclic) bond motifs is 1. The van der Waals surface area contributed by atoms with Gasteiger partial charge in [-0.2, -0.15) is 0 Å². The molecule has 0 radical (unpaired) electrons. The molecule has 4 N–H and O–H groups in total. The first-order valence-electron chi connectivity index (χ1n) is 13.1. The first-order chi connectivity index (χ1) is 18.9. The zero-order chi connectivity index (χ0) is 27.1. The molecule has 198 valence electrons. The molecule has 39 heavy (non-hydrogen) atoms. The van der Waals surface area contributed by atoms with Gasteiger partial charge in [-0.1, -0.05) is 42.5 Å². The van der Waals surface area contributed by atoms with Crippen molar-refractivity contribution in [1.29, 1.82) is 0 Å². The van der Waals surface area contributed by atoms with E-state index in [9.17, 15) is 19.2 Å². The van der Waals surface area contributed by atoms with Gasteiger partial charge in [0.1, 0.15) is 6.04 Å². The van der Waals surface area contributed by atoms with E-state index in [-0.39, 0.29) is 24.0 Å². The highest BCUT2D eigenvalue weighted by Gasteiger charge is 2.45. The predicted molar refractivity (Wildman–Crippen MR) is 146 cm³/mol. The van der Waals surface area contributed by atoms with Crippen molar-refractivity contribution in [2.24, 2.45) is 0 Å². The summed E-state index contributed by atoms with van der Waals surface area (Å²) < 4.78 is 0. The van der Waals surface area contributed by atoms with Gasteiger partial charge in [0.15, 0.2) is 0 Å². The van der Waals surface area contributed by atoms with E-state index in [0.29, 0.717) is 18.2 Å². The molecule has 0 saturated carbocycles. The normalized spacial score (nSPS) is 19.6. The molecule has 6 rings (SSSR count). The number of hydrogen-bond donors (Lipinski definition) is 3. The maximum Gasteiger partial charge on any atom is 0.264 e. The summed E-state index contributed by atoms with van der Waals surface area (Å²) in [5, 5.41) is 5.51. The second-order valence-electron chi connectivity index (χ2n) is 10.4. The van der Waals surface area contributed by atoms with Crippen molar-refractivity contribution in [3.8, 4) is 0 Å². The summed E-state index contributed by atoms with van der Waals surface area (Å²) in [5.41, 5.74) is 11.3. The van der Waals surface area contributed by atoms with Crippen LogP contribution in [0, 0.1) is 0 Å². The Morgan fingerprint density at radius 2 is 1.64 bits per heavy atom. The highest BCUT2D eigenvalue weighted by Crippen LogP contribution is 2.33. The van der Waals surface area contributed by atoms with Crippen LogP contribution in [0.2, 0.25) is 0 Å². The van der Waals surface area contributed by atoms with Crippen LogP contribution in [0.15, 0.2) is 66.7 Å². The molecular formula is C30H29N5O4. The fourth-order valence-electron chi connectivity index (χ4n) is 5.60. The molecule has 3 aliphatic heterocycles. The van der Waals surface area contributed by atoms with Gasteiger partial charge in [-0.3, -0.25) is 34.3 Å². The van der Waals surface area contributed by atoms with Crippen molar-refractivity contribution in [2.45, 2.75) is 37.9 Å². The van der Waals surface area contributed by atoms with E-state index >= 15 is 0 Å². The summed E-state index contributed by atoms with van der Waals surface area (Å²) in [4.78, 5) is 53.6. The van der Waals surface area contributed by atoms with Crippen LogP contribution in [0.25, 0.3) is 0 Å². The van der Waals surface area contributed by atoms with E-state index in [1.165, 1.54) is 11.1 Å². The molecule has 1 unspecified atom stereocenters. The highest BCUT2D eigenvalue weighted by atomic mass is 16.2. The number of nitrogens with zero attached hydrogens (tertiary/aromatic N) is 2. The van der Waals surface area contributed by atoms with Crippen LogP contribution in [0.1, 0.15) is 56.2 Å². The number of carbonyl (C=O) groups is 4. The van der Waals surface area contributed by atoms with Crippen molar-refractivity contribution in [1.82, 2.24) is 15.1 Å². The smallest absolute Gasteiger partial charge is 0.264 e. The van der Waals surface area contributed by atoms with Gasteiger partial charge in [-0.25, -0.2) is 0 Å². The Morgan fingerprint density at radius 1 is 0.897 bits per heavy atom. The van der Waals surface area contributed by atoms with Gasteiger partial charge < -0.3 is 11.1 Å². The molecule has 0 aromatic heterocycles. The average molecular weight is 524 g/mol. The second-order valence-corrected chi connectivity index (χ2v) is 10.4. The lowest BCUT2D eigenvalue weighted by atomic mass is 9.91. The fraction of sp³-hybridized carbons (Fsp3) is 0.267. The molecule has 1 atom stereocenters. The molecule has 3 aromatic rings. The number of imide groups is 2. The third-order valence-corrected chi connectivity index (χ3v) is 7.72. The molecule has 0 aliphatic carbocycles. The first kappa shape index (κ1) is 24.8. The Morgan fingerprint density at radius 3 is 2.38 bits per heavy atom. The molecule has 0 spiro atoms. The monoisotopic (exact) mass is 523 g/mol. The Hall–Kier alpha value is -4.50. The van der Waals surface area contributed by atoms with Gasteiger partial charge in [0.05, 0.1) is 11.1 Å². The topological polar surface area (TPSA) is 125 Å². The van der Waals surface area contributed by atoms with E-state index in [2.05, 4.69) is 51.9 Å². The fourth-order valence-corrected chi connectivity index (χ4v) is 5.60. The minimum atomic E-state index is -0.983. The van der Waals surface area contributed by atoms with Crippen LogP contribution in [-0.2, 0) is 22.7 Å². The van der Waals surface area contributed by atoms with Crippen molar-refractivity contribution in [2.75, 3.05) is 24.1 Å². The van der Waals surface area contributed by atoms with Gasteiger partial charge in [0.25, 0.3) is 11.8 Å². The summed E-state index contributed by atoms with van der Waals surface area (Å²) in [6.45, 7) is 3.37. The number of piperidine rings is 1. The summed E-state index contributed by atoms with van der Waals surface area (Å²) in [6, 6.07) is 20.5.